The molecule has 1 aromatic carbocycles. The molecule has 0 saturated heterocycles. The number of halogens is 1. The highest BCUT2D eigenvalue weighted by atomic mass is 19.1. The molecule has 0 unspecified atom stereocenters. The summed E-state index contributed by atoms with van der Waals surface area (Å²) in [6.45, 7) is 5.96. The number of hydrogen-bond donors (Lipinski definition) is 1. The van der Waals surface area contributed by atoms with E-state index in [9.17, 15) is 4.39 Å². The highest BCUT2D eigenvalue weighted by Gasteiger charge is 2.09. The molecule has 0 fully saturated rings. The molecule has 0 amide bonds. The van der Waals surface area contributed by atoms with E-state index in [1.165, 1.54) is 6.07 Å². The monoisotopic (exact) mass is 291 g/mol. The van der Waals surface area contributed by atoms with Crippen molar-refractivity contribution in [3.63, 3.8) is 0 Å². The van der Waals surface area contributed by atoms with Crippen molar-refractivity contribution in [2.24, 2.45) is 5.73 Å². The fraction of sp³-hybridized carbons (Fsp3) is 0.529. The quantitative estimate of drug-likeness (QED) is 0.779. The second kappa shape index (κ2) is 9.51. The molecule has 0 saturated carbocycles. The van der Waals surface area contributed by atoms with Crippen LogP contribution in [0.3, 0.4) is 0 Å². The van der Waals surface area contributed by atoms with Crippen LogP contribution >= 0.6 is 0 Å². The van der Waals surface area contributed by atoms with Crippen molar-refractivity contribution in [2.75, 3.05) is 40.3 Å². The van der Waals surface area contributed by atoms with Gasteiger partial charge < -0.3 is 10.6 Å². The van der Waals surface area contributed by atoms with Crippen molar-refractivity contribution in [3.8, 4) is 11.8 Å². The molecule has 21 heavy (non-hydrogen) atoms. The Kier molecular flexibility index (Phi) is 7.99. The molecule has 0 heterocycles. The third-order valence-electron chi connectivity index (χ3n) is 3.19. The molecule has 2 N–H and O–H groups in total. The van der Waals surface area contributed by atoms with Gasteiger partial charge in [0, 0.05) is 30.8 Å². The summed E-state index contributed by atoms with van der Waals surface area (Å²) >= 11 is 0. The van der Waals surface area contributed by atoms with Crippen molar-refractivity contribution < 1.29 is 4.39 Å². The number of nitrogens with two attached hydrogens (primary N) is 1. The maximum atomic E-state index is 14.1. The van der Waals surface area contributed by atoms with E-state index in [0.717, 1.165) is 31.6 Å². The maximum absolute atomic E-state index is 14.1. The predicted octanol–water partition coefficient (Wildman–Crippen LogP) is 1.91. The van der Waals surface area contributed by atoms with Gasteiger partial charge in [0.25, 0.3) is 0 Å². The number of hydrogen-bond acceptors (Lipinski definition) is 3. The summed E-state index contributed by atoms with van der Waals surface area (Å²) in [4.78, 5) is 4.42. The molecule has 4 heteroatoms. The molecular formula is C17H26FN3. The highest BCUT2D eigenvalue weighted by Crippen LogP contribution is 2.13. The average molecular weight is 291 g/mol. The summed E-state index contributed by atoms with van der Waals surface area (Å²) in [5.74, 6) is 5.41. The van der Waals surface area contributed by atoms with Crippen LogP contribution in [0.15, 0.2) is 18.2 Å². The van der Waals surface area contributed by atoms with Crippen LogP contribution in [-0.2, 0) is 6.54 Å². The van der Waals surface area contributed by atoms with Crippen molar-refractivity contribution in [3.05, 3.63) is 35.1 Å². The summed E-state index contributed by atoms with van der Waals surface area (Å²) in [5.41, 5.74) is 6.72. The zero-order valence-corrected chi connectivity index (χ0v) is 13.3. The van der Waals surface area contributed by atoms with Gasteiger partial charge in [0.15, 0.2) is 0 Å². The molecule has 0 spiro atoms. The van der Waals surface area contributed by atoms with Crippen molar-refractivity contribution >= 4 is 0 Å². The Labute approximate surface area is 127 Å². The van der Waals surface area contributed by atoms with Crippen LogP contribution in [0.2, 0.25) is 0 Å². The fourth-order valence-corrected chi connectivity index (χ4v) is 2.07. The maximum Gasteiger partial charge on any atom is 0.128 e. The van der Waals surface area contributed by atoms with E-state index in [1.807, 2.05) is 12.1 Å². The first-order chi connectivity index (χ1) is 10.1. The number of rotatable bonds is 7. The summed E-state index contributed by atoms with van der Waals surface area (Å²) in [6.07, 6.45) is 1.06. The van der Waals surface area contributed by atoms with E-state index in [4.69, 9.17) is 5.73 Å². The lowest BCUT2D eigenvalue weighted by Gasteiger charge is -2.23. The topological polar surface area (TPSA) is 32.5 Å². The molecule has 3 nitrogen and oxygen atoms in total. The van der Waals surface area contributed by atoms with Crippen LogP contribution in [-0.4, -0.2) is 50.1 Å². The molecule has 0 atom stereocenters. The smallest absolute Gasteiger partial charge is 0.128 e. The van der Waals surface area contributed by atoms with E-state index in [1.54, 1.807) is 0 Å². The molecule has 0 aliphatic carbocycles. The van der Waals surface area contributed by atoms with Crippen LogP contribution in [0.25, 0.3) is 0 Å². The van der Waals surface area contributed by atoms with E-state index in [0.29, 0.717) is 12.1 Å². The Morgan fingerprint density at radius 1 is 1.19 bits per heavy atom. The molecule has 1 rings (SSSR count). The van der Waals surface area contributed by atoms with Gasteiger partial charge in [-0.3, -0.25) is 4.90 Å². The standard InChI is InChI=1S/C17H26FN3/c1-4-10-21(12-11-20(2)3)14-16-8-7-15(6-5-9-19)13-17(16)18/h7-8,13H,4,9-12,14,19H2,1-3H3. The molecule has 0 radical (unpaired) electrons. The van der Waals surface area contributed by atoms with Crippen LogP contribution in [0.5, 0.6) is 0 Å². The van der Waals surface area contributed by atoms with Gasteiger partial charge in [-0.05, 0) is 39.2 Å². The first-order valence-corrected chi connectivity index (χ1v) is 7.41. The minimum Gasteiger partial charge on any atom is -0.320 e. The number of likely N-dealkylation sites (N-methyl/N-ethyl adjacent to an activating group) is 1. The molecule has 0 aliphatic rings. The van der Waals surface area contributed by atoms with Gasteiger partial charge in [0.2, 0.25) is 0 Å². The van der Waals surface area contributed by atoms with Crippen LogP contribution < -0.4 is 5.73 Å². The van der Waals surface area contributed by atoms with Gasteiger partial charge in [0.1, 0.15) is 5.82 Å². The van der Waals surface area contributed by atoms with Crippen LogP contribution in [0.4, 0.5) is 4.39 Å². The lowest BCUT2D eigenvalue weighted by molar-refractivity contribution is 0.231. The third kappa shape index (κ3) is 6.72. The first kappa shape index (κ1) is 17.6. The fourth-order valence-electron chi connectivity index (χ4n) is 2.07. The molecule has 0 bridgehead atoms. The Balaban J connectivity index is 2.74. The lowest BCUT2D eigenvalue weighted by atomic mass is 10.1. The van der Waals surface area contributed by atoms with Gasteiger partial charge >= 0.3 is 0 Å². The zero-order chi connectivity index (χ0) is 15.7. The normalized spacial score (nSPS) is 10.8. The largest absolute Gasteiger partial charge is 0.320 e. The summed E-state index contributed by atoms with van der Waals surface area (Å²) < 4.78 is 14.1. The Bertz CT molecular complexity index is 489. The molecule has 0 aromatic heterocycles. The zero-order valence-electron chi connectivity index (χ0n) is 13.3. The number of benzene rings is 1. The van der Waals surface area contributed by atoms with Gasteiger partial charge in [-0.25, -0.2) is 4.39 Å². The van der Waals surface area contributed by atoms with Crippen LogP contribution in [0, 0.1) is 17.7 Å². The van der Waals surface area contributed by atoms with Crippen molar-refractivity contribution in [1.29, 1.82) is 0 Å². The van der Waals surface area contributed by atoms with E-state index in [-0.39, 0.29) is 12.4 Å². The van der Waals surface area contributed by atoms with Crippen molar-refractivity contribution in [2.45, 2.75) is 19.9 Å². The molecule has 116 valence electrons. The second-order valence-corrected chi connectivity index (χ2v) is 5.39. The van der Waals surface area contributed by atoms with Crippen LogP contribution in [0.1, 0.15) is 24.5 Å². The summed E-state index contributed by atoms with van der Waals surface area (Å²) in [5, 5.41) is 0. The minimum absolute atomic E-state index is 0.190. The Morgan fingerprint density at radius 3 is 2.52 bits per heavy atom. The Morgan fingerprint density at radius 2 is 1.95 bits per heavy atom. The van der Waals surface area contributed by atoms with Crippen molar-refractivity contribution in [1.82, 2.24) is 9.80 Å². The van der Waals surface area contributed by atoms with E-state index in [2.05, 4.69) is 42.7 Å². The Hall–Kier alpha value is -1.41. The molecule has 0 aliphatic heterocycles. The lowest BCUT2D eigenvalue weighted by Crippen LogP contribution is -2.32. The highest BCUT2D eigenvalue weighted by molar-refractivity contribution is 5.37. The number of nitrogens with zero attached hydrogens (tertiary/aromatic N) is 2. The predicted molar refractivity (Wildman–Crippen MR) is 86.5 cm³/mol. The summed E-state index contributed by atoms with van der Waals surface area (Å²) in [7, 11) is 4.10. The third-order valence-corrected chi connectivity index (χ3v) is 3.19. The van der Waals surface area contributed by atoms with E-state index >= 15 is 0 Å². The minimum atomic E-state index is -0.190. The first-order valence-electron chi connectivity index (χ1n) is 7.41. The van der Waals surface area contributed by atoms with E-state index < -0.39 is 0 Å². The van der Waals surface area contributed by atoms with Gasteiger partial charge in [-0.2, -0.15) is 0 Å². The SMILES string of the molecule is CCCN(CCN(C)C)Cc1ccc(C#CCN)cc1F. The van der Waals surface area contributed by atoms with Gasteiger partial charge in [-0.1, -0.05) is 24.8 Å². The molecule has 1 aromatic rings. The van der Waals surface area contributed by atoms with Gasteiger partial charge in [-0.15, -0.1) is 0 Å². The second-order valence-electron chi connectivity index (χ2n) is 5.39. The summed E-state index contributed by atoms with van der Waals surface area (Å²) in [6, 6.07) is 5.18. The van der Waals surface area contributed by atoms with Gasteiger partial charge in [0.05, 0.1) is 6.54 Å². The average Bonchev–Trinajstić information content (AvgIpc) is 2.45. The molecular weight excluding hydrogens is 265 g/mol.